The standard InChI is InChI=1S/C24H32N2O6S/c1-15(2)9-17-11-19(12-22-23(17)31-14-30-22)33(28,29)26-20(21-13-32-24(3,4)25-21)10-16-5-7-18(27)8-6-16/h5-8,11-12,15,20-21,25-27H,9-10,13-14H2,1-4H3/t20?,21-/m1/s1. The fourth-order valence-corrected chi connectivity index (χ4v) is 5.61. The van der Waals surface area contributed by atoms with E-state index in [0.717, 1.165) is 11.1 Å². The number of benzene rings is 2. The molecule has 2 aliphatic heterocycles. The van der Waals surface area contributed by atoms with Gasteiger partial charge >= 0.3 is 0 Å². The van der Waals surface area contributed by atoms with Crippen molar-refractivity contribution in [2.75, 3.05) is 13.4 Å². The lowest BCUT2D eigenvalue weighted by atomic mass is 10.0. The molecule has 2 atom stereocenters. The summed E-state index contributed by atoms with van der Waals surface area (Å²) in [5, 5.41) is 13.0. The number of hydrogen-bond acceptors (Lipinski definition) is 7. The Labute approximate surface area is 195 Å². The zero-order valence-electron chi connectivity index (χ0n) is 19.4. The molecule has 8 nitrogen and oxygen atoms in total. The summed E-state index contributed by atoms with van der Waals surface area (Å²) in [5.74, 6) is 1.56. The molecule has 0 amide bonds. The second kappa shape index (κ2) is 9.13. The number of phenols is 1. The van der Waals surface area contributed by atoms with E-state index in [2.05, 4.69) is 23.9 Å². The molecule has 0 saturated carbocycles. The molecule has 0 radical (unpaired) electrons. The molecule has 2 aromatic carbocycles. The van der Waals surface area contributed by atoms with Gasteiger partial charge in [-0.2, -0.15) is 0 Å². The molecule has 1 fully saturated rings. The lowest BCUT2D eigenvalue weighted by Gasteiger charge is -2.26. The Morgan fingerprint density at radius 2 is 1.88 bits per heavy atom. The Morgan fingerprint density at radius 3 is 2.52 bits per heavy atom. The smallest absolute Gasteiger partial charge is 0.241 e. The topological polar surface area (TPSA) is 106 Å². The molecule has 1 unspecified atom stereocenters. The van der Waals surface area contributed by atoms with Gasteiger partial charge in [0.15, 0.2) is 11.5 Å². The van der Waals surface area contributed by atoms with Crippen molar-refractivity contribution < 1.29 is 27.7 Å². The van der Waals surface area contributed by atoms with Crippen molar-refractivity contribution in [2.24, 2.45) is 5.92 Å². The van der Waals surface area contributed by atoms with Gasteiger partial charge in [0.2, 0.25) is 16.8 Å². The van der Waals surface area contributed by atoms with E-state index in [1.807, 2.05) is 13.8 Å². The van der Waals surface area contributed by atoms with Gasteiger partial charge in [-0.05, 0) is 61.9 Å². The van der Waals surface area contributed by atoms with Crippen LogP contribution in [0.1, 0.15) is 38.8 Å². The second-order valence-corrected chi connectivity index (χ2v) is 11.3. The van der Waals surface area contributed by atoms with Gasteiger partial charge < -0.3 is 19.3 Å². The van der Waals surface area contributed by atoms with E-state index in [9.17, 15) is 13.5 Å². The van der Waals surface area contributed by atoms with E-state index in [-0.39, 0.29) is 23.5 Å². The van der Waals surface area contributed by atoms with Crippen molar-refractivity contribution in [3.05, 3.63) is 47.5 Å². The summed E-state index contributed by atoms with van der Waals surface area (Å²) in [6, 6.07) is 9.27. The average Bonchev–Trinajstić information content (AvgIpc) is 3.34. The largest absolute Gasteiger partial charge is 0.508 e. The van der Waals surface area contributed by atoms with Gasteiger partial charge in [0.25, 0.3) is 0 Å². The van der Waals surface area contributed by atoms with Gasteiger partial charge in [0.05, 0.1) is 11.5 Å². The van der Waals surface area contributed by atoms with Crippen molar-refractivity contribution in [3.63, 3.8) is 0 Å². The number of rotatable bonds is 8. The van der Waals surface area contributed by atoms with Crippen molar-refractivity contribution in [2.45, 2.75) is 63.2 Å². The van der Waals surface area contributed by atoms with Crippen LogP contribution in [0.15, 0.2) is 41.3 Å². The highest BCUT2D eigenvalue weighted by molar-refractivity contribution is 7.89. The van der Waals surface area contributed by atoms with Crippen LogP contribution in [0.2, 0.25) is 0 Å². The lowest BCUT2D eigenvalue weighted by molar-refractivity contribution is 0.0230. The van der Waals surface area contributed by atoms with Crippen LogP contribution in [0.3, 0.4) is 0 Å². The quantitative estimate of drug-likeness (QED) is 0.538. The summed E-state index contributed by atoms with van der Waals surface area (Å²) in [6.07, 6.45) is 1.11. The van der Waals surface area contributed by atoms with Crippen molar-refractivity contribution in [1.82, 2.24) is 10.0 Å². The van der Waals surface area contributed by atoms with Crippen LogP contribution in [-0.2, 0) is 27.6 Å². The highest BCUT2D eigenvalue weighted by Crippen LogP contribution is 2.39. The molecule has 1 saturated heterocycles. The maximum atomic E-state index is 13.5. The van der Waals surface area contributed by atoms with Gasteiger partial charge in [-0.1, -0.05) is 26.0 Å². The molecule has 9 heteroatoms. The van der Waals surface area contributed by atoms with Gasteiger partial charge in [0, 0.05) is 18.2 Å². The van der Waals surface area contributed by atoms with E-state index in [1.165, 1.54) is 6.07 Å². The number of phenolic OH excluding ortho intramolecular Hbond substituents is 1. The molecular weight excluding hydrogens is 444 g/mol. The first-order valence-corrected chi connectivity index (χ1v) is 12.7. The number of fused-ring (bicyclic) bond motifs is 1. The third-order valence-electron chi connectivity index (χ3n) is 5.80. The average molecular weight is 477 g/mol. The molecular formula is C24H32N2O6S. The molecule has 2 aliphatic rings. The number of ether oxygens (including phenoxy) is 3. The fraction of sp³-hybridized carbons (Fsp3) is 0.500. The number of hydrogen-bond donors (Lipinski definition) is 3. The highest BCUT2D eigenvalue weighted by atomic mass is 32.2. The van der Waals surface area contributed by atoms with Crippen LogP contribution >= 0.6 is 0 Å². The summed E-state index contributed by atoms with van der Waals surface area (Å²) in [7, 11) is -3.87. The Bertz CT molecular complexity index is 1100. The van der Waals surface area contributed by atoms with Crippen LogP contribution in [0.4, 0.5) is 0 Å². The molecule has 4 rings (SSSR count). The van der Waals surface area contributed by atoms with Crippen LogP contribution < -0.4 is 19.5 Å². The molecule has 3 N–H and O–H groups in total. The Balaban J connectivity index is 1.64. The Morgan fingerprint density at radius 1 is 1.15 bits per heavy atom. The molecule has 0 aromatic heterocycles. The summed E-state index contributed by atoms with van der Waals surface area (Å²) < 4.78 is 46.9. The summed E-state index contributed by atoms with van der Waals surface area (Å²) in [4.78, 5) is 0.149. The molecule has 33 heavy (non-hydrogen) atoms. The van der Waals surface area contributed by atoms with E-state index >= 15 is 0 Å². The van der Waals surface area contributed by atoms with Crippen LogP contribution in [0, 0.1) is 5.92 Å². The first kappa shape index (κ1) is 23.8. The van der Waals surface area contributed by atoms with E-state index in [0.29, 0.717) is 36.9 Å². The third kappa shape index (κ3) is 5.60. The molecule has 180 valence electrons. The van der Waals surface area contributed by atoms with Crippen molar-refractivity contribution >= 4 is 10.0 Å². The zero-order chi connectivity index (χ0) is 23.8. The summed E-state index contributed by atoms with van der Waals surface area (Å²) in [6.45, 7) is 8.42. The molecule has 2 heterocycles. The number of nitrogens with one attached hydrogen (secondary N) is 2. The maximum Gasteiger partial charge on any atom is 0.241 e. The van der Waals surface area contributed by atoms with Gasteiger partial charge in [-0.3, -0.25) is 5.32 Å². The Hall–Kier alpha value is -2.33. The van der Waals surface area contributed by atoms with Crippen LogP contribution in [0.25, 0.3) is 0 Å². The maximum absolute atomic E-state index is 13.5. The van der Waals surface area contributed by atoms with Gasteiger partial charge in [-0.15, -0.1) is 0 Å². The highest BCUT2D eigenvalue weighted by Gasteiger charge is 2.38. The SMILES string of the molecule is CC(C)Cc1cc(S(=O)(=O)NC(Cc2ccc(O)cc2)[C@H]2COC(C)(C)N2)cc2c1OCO2. The minimum absolute atomic E-state index is 0.0826. The molecule has 0 spiro atoms. The zero-order valence-corrected chi connectivity index (χ0v) is 20.2. The van der Waals surface area contributed by atoms with Crippen LogP contribution in [-0.4, -0.2) is 44.7 Å². The minimum Gasteiger partial charge on any atom is -0.508 e. The molecule has 2 aromatic rings. The number of aromatic hydroxyl groups is 1. The number of sulfonamides is 1. The monoisotopic (exact) mass is 476 g/mol. The first-order valence-electron chi connectivity index (χ1n) is 11.2. The summed E-state index contributed by atoms with van der Waals surface area (Å²) >= 11 is 0. The predicted molar refractivity (Wildman–Crippen MR) is 124 cm³/mol. The summed E-state index contributed by atoms with van der Waals surface area (Å²) in [5.41, 5.74) is 1.17. The van der Waals surface area contributed by atoms with E-state index in [4.69, 9.17) is 14.2 Å². The molecule has 0 bridgehead atoms. The van der Waals surface area contributed by atoms with E-state index in [1.54, 1.807) is 30.3 Å². The second-order valence-electron chi connectivity index (χ2n) is 9.58. The Kier molecular flexibility index (Phi) is 6.59. The predicted octanol–water partition coefficient (Wildman–Crippen LogP) is 2.93. The fourth-order valence-electron chi connectivity index (χ4n) is 4.27. The van der Waals surface area contributed by atoms with E-state index < -0.39 is 21.8 Å². The molecule has 0 aliphatic carbocycles. The van der Waals surface area contributed by atoms with Gasteiger partial charge in [-0.25, -0.2) is 13.1 Å². The minimum atomic E-state index is -3.87. The van der Waals surface area contributed by atoms with Crippen molar-refractivity contribution in [3.8, 4) is 17.2 Å². The van der Waals surface area contributed by atoms with Crippen molar-refractivity contribution in [1.29, 1.82) is 0 Å². The van der Waals surface area contributed by atoms with Crippen LogP contribution in [0.5, 0.6) is 17.2 Å². The lowest BCUT2D eigenvalue weighted by Crippen LogP contribution is -2.52. The first-order chi connectivity index (χ1) is 15.5. The third-order valence-corrected chi connectivity index (χ3v) is 7.27. The normalized spacial score (nSPS) is 20.3. The van der Waals surface area contributed by atoms with Gasteiger partial charge in [0.1, 0.15) is 11.5 Å².